The molecule has 2 unspecified atom stereocenters. The fraction of sp³-hybridized carbons (Fsp3) is 0.500. The predicted molar refractivity (Wildman–Crippen MR) is 70.0 cm³/mol. The van der Waals surface area contributed by atoms with Gasteiger partial charge in [0.15, 0.2) is 0 Å². The lowest BCUT2D eigenvalue weighted by Gasteiger charge is -2.14. The Kier molecular flexibility index (Phi) is 4.33. The third-order valence-corrected chi connectivity index (χ3v) is 3.41. The van der Waals surface area contributed by atoms with E-state index in [-0.39, 0.29) is 17.9 Å². The molecule has 1 saturated heterocycles. The van der Waals surface area contributed by atoms with Gasteiger partial charge in [-0.05, 0) is 17.5 Å². The molecule has 0 aromatic heterocycles. The van der Waals surface area contributed by atoms with Crippen LogP contribution in [-0.4, -0.2) is 25.2 Å². The van der Waals surface area contributed by atoms with Gasteiger partial charge in [-0.25, -0.2) is 0 Å². The van der Waals surface area contributed by atoms with Crippen LogP contribution in [0.3, 0.4) is 0 Å². The van der Waals surface area contributed by atoms with Gasteiger partial charge in [0.2, 0.25) is 5.91 Å². The van der Waals surface area contributed by atoms with Gasteiger partial charge >= 0.3 is 0 Å². The maximum absolute atomic E-state index is 12.0. The van der Waals surface area contributed by atoms with Crippen LogP contribution in [0.1, 0.15) is 18.1 Å². The van der Waals surface area contributed by atoms with E-state index < -0.39 is 0 Å². The molecule has 1 aliphatic heterocycles. The Morgan fingerprint density at radius 3 is 2.72 bits per heavy atom. The van der Waals surface area contributed by atoms with Crippen molar-refractivity contribution in [3.05, 3.63) is 35.4 Å². The number of hydrogen-bond acceptors (Lipinski definition) is 3. The van der Waals surface area contributed by atoms with Crippen LogP contribution < -0.4 is 11.1 Å². The van der Waals surface area contributed by atoms with Gasteiger partial charge in [0.05, 0.1) is 19.1 Å². The molecule has 0 spiro atoms. The zero-order valence-electron chi connectivity index (χ0n) is 10.7. The van der Waals surface area contributed by atoms with Crippen molar-refractivity contribution in [2.45, 2.75) is 25.9 Å². The SMILES string of the molecule is CCc1ccccc1CNC(=O)C1COCC1N. The molecule has 1 fully saturated rings. The summed E-state index contributed by atoms with van der Waals surface area (Å²) in [6.07, 6.45) is 0.970. The van der Waals surface area contributed by atoms with Crippen molar-refractivity contribution in [3.63, 3.8) is 0 Å². The first kappa shape index (κ1) is 13.1. The van der Waals surface area contributed by atoms with E-state index in [1.54, 1.807) is 0 Å². The molecule has 18 heavy (non-hydrogen) atoms. The van der Waals surface area contributed by atoms with Crippen molar-refractivity contribution in [1.29, 1.82) is 0 Å². The van der Waals surface area contributed by atoms with E-state index in [0.29, 0.717) is 19.8 Å². The van der Waals surface area contributed by atoms with Gasteiger partial charge in [0.25, 0.3) is 0 Å². The number of carbonyl (C=O) groups excluding carboxylic acids is 1. The minimum Gasteiger partial charge on any atom is -0.379 e. The Hall–Kier alpha value is -1.39. The number of amides is 1. The van der Waals surface area contributed by atoms with Gasteiger partial charge in [-0.2, -0.15) is 0 Å². The summed E-state index contributed by atoms with van der Waals surface area (Å²) in [5, 5.41) is 2.95. The number of nitrogens with one attached hydrogen (secondary N) is 1. The van der Waals surface area contributed by atoms with Crippen LogP contribution >= 0.6 is 0 Å². The maximum atomic E-state index is 12.0. The van der Waals surface area contributed by atoms with Crippen LogP contribution in [0.2, 0.25) is 0 Å². The van der Waals surface area contributed by atoms with Gasteiger partial charge < -0.3 is 15.8 Å². The Labute approximate surface area is 108 Å². The molecule has 0 saturated carbocycles. The largest absolute Gasteiger partial charge is 0.379 e. The first-order valence-corrected chi connectivity index (χ1v) is 6.40. The third kappa shape index (κ3) is 2.89. The monoisotopic (exact) mass is 248 g/mol. The van der Waals surface area contributed by atoms with Crippen LogP contribution in [0.4, 0.5) is 0 Å². The highest BCUT2D eigenvalue weighted by molar-refractivity contribution is 5.79. The second-order valence-corrected chi connectivity index (χ2v) is 4.65. The van der Waals surface area contributed by atoms with Crippen molar-refractivity contribution in [2.24, 2.45) is 11.7 Å². The summed E-state index contributed by atoms with van der Waals surface area (Å²) in [6.45, 7) is 3.58. The quantitative estimate of drug-likeness (QED) is 0.830. The average Bonchev–Trinajstić information content (AvgIpc) is 2.82. The number of ether oxygens (including phenoxy) is 1. The lowest BCUT2D eigenvalue weighted by molar-refractivity contribution is -0.125. The number of benzene rings is 1. The molecule has 0 aliphatic carbocycles. The highest BCUT2D eigenvalue weighted by Crippen LogP contribution is 2.13. The summed E-state index contributed by atoms with van der Waals surface area (Å²) in [6, 6.07) is 7.97. The molecular formula is C14H20N2O2. The first-order valence-electron chi connectivity index (χ1n) is 6.40. The average molecular weight is 248 g/mol. The first-order chi connectivity index (χ1) is 8.72. The fourth-order valence-corrected chi connectivity index (χ4v) is 2.23. The molecule has 3 N–H and O–H groups in total. The smallest absolute Gasteiger partial charge is 0.227 e. The summed E-state index contributed by atoms with van der Waals surface area (Å²) in [7, 11) is 0. The third-order valence-electron chi connectivity index (χ3n) is 3.41. The van der Waals surface area contributed by atoms with Crippen LogP contribution in [0.15, 0.2) is 24.3 Å². The molecule has 1 amide bonds. The number of nitrogens with two attached hydrogens (primary N) is 1. The van der Waals surface area contributed by atoms with Crippen LogP contribution in [0.5, 0.6) is 0 Å². The molecule has 1 aromatic rings. The molecule has 2 atom stereocenters. The molecule has 0 radical (unpaired) electrons. The molecule has 98 valence electrons. The summed E-state index contributed by atoms with van der Waals surface area (Å²) in [4.78, 5) is 12.0. The highest BCUT2D eigenvalue weighted by atomic mass is 16.5. The number of aryl methyl sites for hydroxylation is 1. The number of rotatable bonds is 4. The van der Waals surface area contributed by atoms with Gasteiger partial charge in [-0.3, -0.25) is 4.79 Å². The minimum absolute atomic E-state index is 0.00842. The van der Waals surface area contributed by atoms with E-state index in [0.717, 1.165) is 6.42 Å². The maximum Gasteiger partial charge on any atom is 0.227 e. The molecule has 0 bridgehead atoms. The summed E-state index contributed by atoms with van der Waals surface area (Å²) in [5.74, 6) is -0.218. The Morgan fingerprint density at radius 1 is 1.39 bits per heavy atom. The molecule has 4 heteroatoms. The molecule has 1 aliphatic rings. The second-order valence-electron chi connectivity index (χ2n) is 4.65. The van der Waals surface area contributed by atoms with Crippen LogP contribution in [-0.2, 0) is 22.5 Å². The van der Waals surface area contributed by atoms with E-state index >= 15 is 0 Å². The van der Waals surface area contributed by atoms with Gasteiger partial charge in [0, 0.05) is 12.6 Å². The second kappa shape index (κ2) is 5.98. The van der Waals surface area contributed by atoms with Gasteiger partial charge in [-0.15, -0.1) is 0 Å². The Bertz CT molecular complexity index is 420. The van der Waals surface area contributed by atoms with E-state index in [4.69, 9.17) is 10.5 Å². The normalized spacial score (nSPS) is 23.0. The van der Waals surface area contributed by atoms with Crippen LogP contribution in [0, 0.1) is 5.92 Å². The Balaban J connectivity index is 1.93. The van der Waals surface area contributed by atoms with E-state index in [9.17, 15) is 4.79 Å². The molecule has 1 heterocycles. The zero-order valence-corrected chi connectivity index (χ0v) is 10.7. The lowest BCUT2D eigenvalue weighted by atomic mass is 10.0. The fourth-order valence-electron chi connectivity index (χ4n) is 2.23. The van der Waals surface area contributed by atoms with Crippen molar-refractivity contribution in [1.82, 2.24) is 5.32 Å². The zero-order chi connectivity index (χ0) is 13.0. The highest BCUT2D eigenvalue weighted by Gasteiger charge is 2.31. The van der Waals surface area contributed by atoms with Gasteiger partial charge in [0.1, 0.15) is 0 Å². The van der Waals surface area contributed by atoms with Crippen molar-refractivity contribution >= 4 is 5.91 Å². The van der Waals surface area contributed by atoms with E-state index in [1.165, 1.54) is 11.1 Å². The Morgan fingerprint density at radius 2 is 2.11 bits per heavy atom. The van der Waals surface area contributed by atoms with Crippen molar-refractivity contribution in [3.8, 4) is 0 Å². The predicted octanol–water partition coefficient (Wildman–Crippen LogP) is 0.839. The van der Waals surface area contributed by atoms with Crippen molar-refractivity contribution in [2.75, 3.05) is 13.2 Å². The summed E-state index contributed by atoms with van der Waals surface area (Å²) in [5.41, 5.74) is 8.25. The molecular weight excluding hydrogens is 228 g/mol. The van der Waals surface area contributed by atoms with Crippen molar-refractivity contribution < 1.29 is 9.53 Å². The topological polar surface area (TPSA) is 64.3 Å². The van der Waals surface area contributed by atoms with E-state index in [2.05, 4.69) is 18.3 Å². The van der Waals surface area contributed by atoms with Gasteiger partial charge in [-0.1, -0.05) is 31.2 Å². The number of hydrogen-bond donors (Lipinski definition) is 2. The molecule has 1 aromatic carbocycles. The standard InChI is InChI=1S/C14H20N2O2/c1-2-10-5-3-4-6-11(10)7-16-14(17)12-8-18-9-13(12)15/h3-6,12-13H,2,7-9,15H2,1H3,(H,16,17). The van der Waals surface area contributed by atoms with E-state index in [1.807, 2.05) is 18.2 Å². The number of carbonyl (C=O) groups is 1. The molecule has 4 nitrogen and oxygen atoms in total. The summed E-state index contributed by atoms with van der Waals surface area (Å²) < 4.78 is 5.20. The molecule has 2 rings (SSSR count). The lowest BCUT2D eigenvalue weighted by Crippen LogP contribution is -2.40. The minimum atomic E-state index is -0.209. The van der Waals surface area contributed by atoms with Crippen LogP contribution in [0.25, 0.3) is 0 Å². The summed E-state index contributed by atoms with van der Waals surface area (Å²) >= 11 is 0.